The monoisotopic (exact) mass is 347 g/mol. The van der Waals surface area contributed by atoms with Crippen LogP contribution < -0.4 is 20.4 Å². The number of hydrogen-bond acceptors (Lipinski definition) is 3. The zero-order valence-electron chi connectivity index (χ0n) is 15.8. The molecule has 138 valence electrons. The number of carbonyl (C=O) groups excluding carboxylic acids is 2. The Kier molecular flexibility index (Phi) is 6.82. The summed E-state index contributed by atoms with van der Waals surface area (Å²) >= 11 is 0. The summed E-state index contributed by atoms with van der Waals surface area (Å²) in [7, 11) is 8.12. The van der Waals surface area contributed by atoms with Crippen LogP contribution in [0.5, 0.6) is 0 Å². The number of nitrogens with zero attached hydrogens (tertiary/aromatic N) is 1. The van der Waals surface area contributed by atoms with Crippen LogP contribution in [0.15, 0.2) is 24.3 Å². The summed E-state index contributed by atoms with van der Waals surface area (Å²) < 4.78 is 0. The van der Waals surface area contributed by atoms with E-state index in [-0.39, 0.29) is 12.1 Å². The molecule has 1 fully saturated rings. The van der Waals surface area contributed by atoms with Crippen molar-refractivity contribution in [2.24, 2.45) is 0 Å². The van der Waals surface area contributed by atoms with E-state index in [0.717, 1.165) is 36.9 Å². The molecular weight excluding hydrogens is 316 g/mol. The maximum Gasteiger partial charge on any atom is 0.309 e. The quantitative estimate of drug-likeness (QED) is 0.640. The van der Waals surface area contributed by atoms with Crippen LogP contribution in [0.25, 0.3) is 0 Å². The molecule has 25 heavy (non-hydrogen) atoms. The number of benzene rings is 1. The molecule has 2 amide bonds. The van der Waals surface area contributed by atoms with Crippen LogP contribution in [0.2, 0.25) is 0 Å². The van der Waals surface area contributed by atoms with Gasteiger partial charge in [0.2, 0.25) is 0 Å². The van der Waals surface area contributed by atoms with Crippen molar-refractivity contribution in [3.63, 3.8) is 0 Å². The lowest BCUT2D eigenvalue weighted by atomic mass is 10.1. The number of amides is 2. The molecule has 0 aliphatic heterocycles. The molecule has 0 spiro atoms. The van der Waals surface area contributed by atoms with E-state index >= 15 is 0 Å². The minimum atomic E-state index is -0.539. The van der Waals surface area contributed by atoms with Crippen molar-refractivity contribution in [3.05, 3.63) is 29.8 Å². The van der Waals surface area contributed by atoms with Gasteiger partial charge in [-0.25, -0.2) is 0 Å². The van der Waals surface area contributed by atoms with Gasteiger partial charge in [0.05, 0.1) is 20.6 Å². The highest BCUT2D eigenvalue weighted by Gasteiger charge is 2.24. The first-order valence-electron chi connectivity index (χ1n) is 9.04. The average molecular weight is 347 g/mol. The lowest BCUT2D eigenvalue weighted by Gasteiger charge is -2.23. The van der Waals surface area contributed by atoms with Gasteiger partial charge < -0.3 is 20.4 Å². The molecule has 3 N–H and O–H groups in total. The molecule has 0 saturated heterocycles. The Bertz CT molecular complexity index is 578. The first-order valence-corrected chi connectivity index (χ1v) is 9.04. The predicted molar refractivity (Wildman–Crippen MR) is 99.7 cm³/mol. The Morgan fingerprint density at radius 1 is 1.12 bits per heavy atom. The maximum absolute atomic E-state index is 12.1. The zero-order valence-corrected chi connectivity index (χ0v) is 15.8. The fraction of sp³-hybridized carbons (Fsp3) is 0.579. The van der Waals surface area contributed by atoms with Crippen LogP contribution in [0.1, 0.15) is 37.3 Å². The molecule has 1 saturated carbocycles. The topological polar surface area (TPSA) is 65.9 Å². The molecule has 0 bridgehead atoms. The maximum atomic E-state index is 12.1. The lowest BCUT2D eigenvalue weighted by Crippen LogP contribution is -3.07. The van der Waals surface area contributed by atoms with Crippen LogP contribution in [0.3, 0.4) is 0 Å². The van der Waals surface area contributed by atoms with E-state index in [9.17, 15) is 9.59 Å². The molecule has 0 radical (unpaired) electrons. The zero-order chi connectivity index (χ0) is 18.4. The number of anilines is 1. The van der Waals surface area contributed by atoms with Crippen molar-refractivity contribution < 1.29 is 14.5 Å². The van der Waals surface area contributed by atoms with Gasteiger partial charge in [-0.2, -0.15) is 0 Å². The van der Waals surface area contributed by atoms with Gasteiger partial charge in [-0.1, -0.05) is 25.0 Å². The number of carbonyl (C=O) groups is 2. The van der Waals surface area contributed by atoms with Crippen LogP contribution in [-0.4, -0.2) is 52.6 Å². The molecule has 1 aliphatic carbocycles. The minimum Gasteiger partial charge on any atom is -0.378 e. The molecule has 1 atom stereocenters. The van der Waals surface area contributed by atoms with E-state index < -0.39 is 11.8 Å². The molecule has 0 aromatic heterocycles. The van der Waals surface area contributed by atoms with Gasteiger partial charge in [-0.05, 0) is 25.0 Å². The van der Waals surface area contributed by atoms with E-state index in [4.69, 9.17) is 0 Å². The second-order valence-corrected chi connectivity index (χ2v) is 7.28. The van der Waals surface area contributed by atoms with Crippen molar-refractivity contribution in [2.45, 2.75) is 37.8 Å². The molecular formula is C19H31N4O2+. The van der Waals surface area contributed by atoms with Crippen molar-refractivity contribution in [3.8, 4) is 0 Å². The molecule has 0 unspecified atom stereocenters. The van der Waals surface area contributed by atoms with Gasteiger partial charge in [-0.3, -0.25) is 9.59 Å². The summed E-state index contributed by atoms with van der Waals surface area (Å²) in [4.78, 5) is 27.4. The minimum absolute atomic E-state index is 0.0967. The first kappa shape index (κ1) is 19.2. The van der Waals surface area contributed by atoms with Crippen molar-refractivity contribution in [2.75, 3.05) is 39.6 Å². The van der Waals surface area contributed by atoms with Crippen molar-refractivity contribution in [1.29, 1.82) is 0 Å². The van der Waals surface area contributed by atoms with Gasteiger partial charge in [0.25, 0.3) is 0 Å². The smallest absolute Gasteiger partial charge is 0.309 e. The summed E-state index contributed by atoms with van der Waals surface area (Å²) in [6, 6.07) is 8.56. The Morgan fingerprint density at radius 3 is 2.24 bits per heavy atom. The second kappa shape index (κ2) is 8.85. The van der Waals surface area contributed by atoms with Gasteiger partial charge in [0, 0.05) is 31.4 Å². The normalized spacial score (nSPS) is 15.9. The Labute approximate surface area is 150 Å². The second-order valence-electron chi connectivity index (χ2n) is 7.28. The molecule has 1 aromatic rings. The third kappa shape index (κ3) is 5.46. The van der Waals surface area contributed by atoms with Crippen LogP contribution in [0, 0.1) is 0 Å². The van der Waals surface area contributed by atoms with E-state index in [0.29, 0.717) is 6.54 Å². The third-order valence-corrected chi connectivity index (χ3v) is 4.87. The van der Waals surface area contributed by atoms with Crippen LogP contribution >= 0.6 is 0 Å². The first-order chi connectivity index (χ1) is 11.9. The summed E-state index contributed by atoms with van der Waals surface area (Å²) in [6.45, 7) is 0.431. The fourth-order valence-electron chi connectivity index (χ4n) is 3.26. The van der Waals surface area contributed by atoms with Crippen molar-refractivity contribution in [1.82, 2.24) is 10.6 Å². The van der Waals surface area contributed by atoms with E-state index in [1.54, 1.807) is 0 Å². The number of nitrogens with one attached hydrogen (secondary N) is 3. The van der Waals surface area contributed by atoms with Gasteiger partial charge in [0.15, 0.2) is 0 Å². The summed E-state index contributed by atoms with van der Waals surface area (Å²) in [5.41, 5.74) is 2.28. The summed E-state index contributed by atoms with van der Waals surface area (Å²) in [6.07, 6.45) is 4.20. The Hall–Kier alpha value is -2.08. The van der Waals surface area contributed by atoms with E-state index in [1.807, 2.05) is 14.1 Å². The molecule has 1 aromatic carbocycles. The van der Waals surface area contributed by atoms with E-state index in [1.165, 1.54) is 4.90 Å². The molecule has 2 rings (SSSR count). The highest BCUT2D eigenvalue weighted by atomic mass is 16.2. The van der Waals surface area contributed by atoms with E-state index in [2.05, 4.69) is 53.9 Å². The Morgan fingerprint density at radius 2 is 1.72 bits per heavy atom. The molecule has 1 aliphatic rings. The number of rotatable bonds is 6. The highest BCUT2D eigenvalue weighted by Crippen LogP contribution is 2.17. The van der Waals surface area contributed by atoms with Crippen LogP contribution in [-0.2, 0) is 9.59 Å². The summed E-state index contributed by atoms with van der Waals surface area (Å²) in [5.74, 6) is -1.05. The molecule has 6 nitrogen and oxygen atoms in total. The van der Waals surface area contributed by atoms with Gasteiger partial charge >= 0.3 is 11.8 Å². The number of hydrogen-bond donors (Lipinski definition) is 3. The van der Waals surface area contributed by atoms with Gasteiger partial charge in [-0.15, -0.1) is 0 Å². The standard InChI is InChI=1S/C19H30N4O2/c1-22(2)16-11-9-14(10-12-16)17(23(3)4)13-20-18(24)19(25)21-15-7-5-6-8-15/h9-12,15,17H,5-8,13H2,1-4H3,(H,20,24)(H,21,25)/p+1/t17-/m1/s1. The highest BCUT2D eigenvalue weighted by molar-refractivity contribution is 6.35. The average Bonchev–Trinajstić information content (AvgIpc) is 3.07. The molecule has 6 heteroatoms. The van der Waals surface area contributed by atoms with Crippen LogP contribution in [0.4, 0.5) is 5.69 Å². The molecule has 0 heterocycles. The number of likely N-dealkylation sites (N-methyl/N-ethyl adjacent to an activating group) is 1. The predicted octanol–water partition coefficient (Wildman–Crippen LogP) is 0.113. The lowest BCUT2D eigenvalue weighted by molar-refractivity contribution is -0.890. The summed E-state index contributed by atoms with van der Waals surface area (Å²) in [5, 5.41) is 5.62. The SMILES string of the molecule is CN(C)c1ccc([C@@H](CNC(=O)C(=O)NC2CCCC2)[NH+](C)C)cc1. The third-order valence-electron chi connectivity index (χ3n) is 4.87. The van der Waals surface area contributed by atoms with Gasteiger partial charge in [0.1, 0.15) is 6.04 Å². The largest absolute Gasteiger partial charge is 0.378 e. The van der Waals surface area contributed by atoms with Crippen molar-refractivity contribution >= 4 is 17.5 Å². The fourth-order valence-corrected chi connectivity index (χ4v) is 3.26. The number of quaternary nitrogens is 1. The Balaban J connectivity index is 1.92.